The summed E-state index contributed by atoms with van der Waals surface area (Å²) in [6.45, 7) is 8.13. The molecule has 0 radical (unpaired) electrons. The molecule has 0 fully saturated rings. The summed E-state index contributed by atoms with van der Waals surface area (Å²) < 4.78 is 5.43. The molecule has 1 heterocycles. The van der Waals surface area contributed by atoms with Gasteiger partial charge >= 0.3 is 5.97 Å². The van der Waals surface area contributed by atoms with Crippen LogP contribution in [0, 0.1) is 20.8 Å². The number of pyridine rings is 1. The number of para-hydroxylation sites is 1. The van der Waals surface area contributed by atoms with Crippen LogP contribution in [0.1, 0.15) is 45.2 Å². The van der Waals surface area contributed by atoms with Crippen LogP contribution in [0.25, 0.3) is 10.9 Å². The Balaban J connectivity index is 1.74. The number of carbonyl (C=O) groups is 2. The molecule has 0 aliphatic heterocycles. The van der Waals surface area contributed by atoms with E-state index in [1.165, 1.54) is 5.56 Å². The number of aromatic nitrogens is 1. The van der Waals surface area contributed by atoms with Crippen molar-refractivity contribution in [2.75, 3.05) is 13.7 Å². The van der Waals surface area contributed by atoms with Crippen LogP contribution in [0.3, 0.4) is 0 Å². The van der Waals surface area contributed by atoms with E-state index < -0.39 is 5.97 Å². The molecule has 1 amide bonds. The monoisotopic (exact) mass is 404 g/mol. The van der Waals surface area contributed by atoms with Gasteiger partial charge in [-0.25, -0.2) is 4.79 Å². The fraction of sp³-hybridized carbons (Fsp3) is 0.320. The number of likely N-dealkylation sites (N-methyl/N-ethyl adjacent to an activating group) is 1. The highest BCUT2D eigenvalue weighted by molar-refractivity contribution is 6.05. The summed E-state index contributed by atoms with van der Waals surface area (Å²) in [6.07, 6.45) is 0.717. The van der Waals surface area contributed by atoms with Gasteiger partial charge in [0.05, 0.1) is 11.1 Å². The van der Waals surface area contributed by atoms with E-state index >= 15 is 0 Å². The van der Waals surface area contributed by atoms with E-state index in [4.69, 9.17) is 4.74 Å². The molecule has 0 aliphatic rings. The highest BCUT2D eigenvalue weighted by atomic mass is 16.5. The van der Waals surface area contributed by atoms with Gasteiger partial charge in [-0.15, -0.1) is 0 Å². The minimum absolute atomic E-state index is 0.241. The molecule has 2 aromatic carbocycles. The lowest BCUT2D eigenvalue weighted by atomic mass is 10.0. The van der Waals surface area contributed by atoms with Gasteiger partial charge in [-0.1, -0.05) is 48.9 Å². The van der Waals surface area contributed by atoms with Gasteiger partial charge in [-0.05, 0) is 49.9 Å². The number of aryl methyl sites for hydroxylation is 3. The first-order valence-electron chi connectivity index (χ1n) is 10.2. The molecule has 5 heteroatoms. The van der Waals surface area contributed by atoms with E-state index in [0.717, 1.165) is 33.3 Å². The zero-order chi connectivity index (χ0) is 21.8. The van der Waals surface area contributed by atoms with Crippen LogP contribution in [-0.2, 0) is 22.5 Å². The van der Waals surface area contributed by atoms with Gasteiger partial charge in [0.15, 0.2) is 6.61 Å². The predicted octanol–water partition coefficient (Wildman–Crippen LogP) is 4.54. The number of ether oxygens (including phenoxy) is 1. The Morgan fingerprint density at radius 2 is 1.80 bits per heavy atom. The van der Waals surface area contributed by atoms with Crippen LogP contribution >= 0.6 is 0 Å². The molecule has 3 rings (SSSR count). The summed E-state index contributed by atoms with van der Waals surface area (Å²) in [5.41, 5.74) is 6.30. The number of hydrogen-bond donors (Lipinski definition) is 0. The highest BCUT2D eigenvalue weighted by Crippen LogP contribution is 2.24. The third kappa shape index (κ3) is 4.51. The molecule has 0 saturated heterocycles. The number of nitrogens with zero attached hydrogens (tertiary/aromatic N) is 2. The molecule has 30 heavy (non-hydrogen) atoms. The molecular weight excluding hydrogens is 376 g/mol. The second-order valence-electron chi connectivity index (χ2n) is 7.69. The number of amides is 1. The van der Waals surface area contributed by atoms with Gasteiger partial charge in [-0.3, -0.25) is 9.78 Å². The third-order valence-corrected chi connectivity index (χ3v) is 5.43. The normalized spacial score (nSPS) is 10.8. The smallest absolute Gasteiger partial charge is 0.339 e. The number of rotatable bonds is 6. The van der Waals surface area contributed by atoms with Crippen molar-refractivity contribution in [1.29, 1.82) is 0 Å². The van der Waals surface area contributed by atoms with Gasteiger partial charge in [0, 0.05) is 24.7 Å². The van der Waals surface area contributed by atoms with Gasteiger partial charge in [-0.2, -0.15) is 0 Å². The largest absolute Gasteiger partial charge is 0.452 e. The lowest BCUT2D eigenvalue weighted by molar-refractivity contribution is -0.133. The maximum absolute atomic E-state index is 12.9. The summed E-state index contributed by atoms with van der Waals surface area (Å²) in [5.74, 6) is -0.732. The van der Waals surface area contributed by atoms with Gasteiger partial charge in [0.2, 0.25) is 0 Å². The lowest BCUT2D eigenvalue weighted by Gasteiger charge is -2.19. The predicted molar refractivity (Wildman–Crippen MR) is 119 cm³/mol. The van der Waals surface area contributed by atoms with Crippen molar-refractivity contribution >= 4 is 22.8 Å². The van der Waals surface area contributed by atoms with Gasteiger partial charge < -0.3 is 9.64 Å². The average Bonchev–Trinajstić information content (AvgIpc) is 2.73. The Kier molecular flexibility index (Phi) is 6.50. The van der Waals surface area contributed by atoms with Gasteiger partial charge in [0.1, 0.15) is 0 Å². The van der Waals surface area contributed by atoms with E-state index in [1.54, 1.807) is 11.9 Å². The second kappa shape index (κ2) is 9.08. The van der Waals surface area contributed by atoms with Gasteiger partial charge in [0.25, 0.3) is 5.91 Å². The molecule has 0 N–H and O–H groups in total. The molecule has 0 saturated carbocycles. The molecule has 5 nitrogen and oxygen atoms in total. The summed E-state index contributed by atoms with van der Waals surface area (Å²) in [7, 11) is 1.72. The first kappa shape index (κ1) is 21.5. The maximum Gasteiger partial charge on any atom is 0.339 e. The van der Waals surface area contributed by atoms with Crippen molar-refractivity contribution in [1.82, 2.24) is 9.88 Å². The van der Waals surface area contributed by atoms with Crippen molar-refractivity contribution in [3.63, 3.8) is 0 Å². The zero-order valence-corrected chi connectivity index (χ0v) is 18.3. The third-order valence-electron chi connectivity index (χ3n) is 5.43. The van der Waals surface area contributed by atoms with E-state index in [9.17, 15) is 9.59 Å². The first-order chi connectivity index (χ1) is 14.3. The topological polar surface area (TPSA) is 59.5 Å². The van der Waals surface area contributed by atoms with Crippen molar-refractivity contribution in [2.45, 2.75) is 40.7 Å². The Morgan fingerprint density at radius 3 is 2.50 bits per heavy atom. The van der Waals surface area contributed by atoms with E-state index in [-0.39, 0.29) is 12.5 Å². The van der Waals surface area contributed by atoms with Crippen LogP contribution in [0.15, 0.2) is 42.5 Å². The molecule has 0 unspecified atom stereocenters. The Labute approximate surface area is 177 Å². The Hall–Kier alpha value is -3.21. The summed E-state index contributed by atoms with van der Waals surface area (Å²) in [4.78, 5) is 31.7. The van der Waals surface area contributed by atoms with E-state index in [2.05, 4.69) is 11.1 Å². The minimum atomic E-state index is -0.492. The minimum Gasteiger partial charge on any atom is -0.452 e. The molecule has 0 spiro atoms. The molecule has 0 atom stereocenters. The van der Waals surface area contributed by atoms with Crippen LogP contribution in [0.2, 0.25) is 0 Å². The number of esters is 1. The molecular formula is C25H28N2O3. The van der Waals surface area contributed by atoms with E-state index in [1.807, 2.05) is 64.1 Å². The van der Waals surface area contributed by atoms with Crippen LogP contribution < -0.4 is 0 Å². The number of fused-ring (bicyclic) bond motifs is 1. The van der Waals surface area contributed by atoms with Crippen LogP contribution in [-0.4, -0.2) is 35.4 Å². The van der Waals surface area contributed by atoms with Crippen molar-refractivity contribution in [2.24, 2.45) is 0 Å². The zero-order valence-electron chi connectivity index (χ0n) is 18.3. The first-order valence-corrected chi connectivity index (χ1v) is 10.2. The fourth-order valence-electron chi connectivity index (χ4n) is 3.64. The van der Waals surface area contributed by atoms with Crippen LogP contribution in [0.4, 0.5) is 0 Å². The van der Waals surface area contributed by atoms with Crippen molar-refractivity contribution in [3.05, 3.63) is 76.0 Å². The molecule has 0 bridgehead atoms. The maximum atomic E-state index is 12.9. The Bertz CT molecular complexity index is 1100. The SMILES string of the molecule is CCc1nc2ccccc2c(C(=O)OCC(=O)N(C)Cc2ccc(C)cc2C)c1C. The van der Waals surface area contributed by atoms with Crippen molar-refractivity contribution < 1.29 is 14.3 Å². The molecule has 156 valence electrons. The van der Waals surface area contributed by atoms with E-state index in [0.29, 0.717) is 18.5 Å². The lowest BCUT2D eigenvalue weighted by Crippen LogP contribution is -2.31. The fourth-order valence-corrected chi connectivity index (χ4v) is 3.64. The Morgan fingerprint density at radius 1 is 1.07 bits per heavy atom. The number of hydrogen-bond acceptors (Lipinski definition) is 4. The highest BCUT2D eigenvalue weighted by Gasteiger charge is 2.20. The number of benzene rings is 2. The summed E-state index contributed by atoms with van der Waals surface area (Å²) in [5, 5.41) is 0.744. The quantitative estimate of drug-likeness (QED) is 0.566. The average molecular weight is 405 g/mol. The summed E-state index contributed by atoms with van der Waals surface area (Å²) in [6, 6.07) is 13.7. The summed E-state index contributed by atoms with van der Waals surface area (Å²) >= 11 is 0. The second-order valence-corrected chi connectivity index (χ2v) is 7.69. The number of carbonyl (C=O) groups excluding carboxylic acids is 2. The standard InChI is InChI=1S/C25H28N2O3/c1-6-21-18(4)24(20-9-7-8-10-22(20)26-21)25(29)30-15-23(28)27(5)14-19-12-11-16(2)13-17(19)3/h7-13H,6,14-15H2,1-5H3. The molecule has 3 aromatic rings. The molecule has 0 aliphatic carbocycles. The van der Waals surface area contributed by atoms with Crippen LogP contribution in [0.5, 0.6) is 0 Å². The molecule has 1 aromatic heterocycles. The van der Waals surface area contributed by atoms with Crippen molar-refractivity contribution in [3.8, 4) is 0 Å².